The molecule has 0 aliphatic carbocycles. The highest BCUT2D eigenvalue weighted by Crippen LogP contribution is 2.19. The Balaban J connectivity index is 2.30. The van der Waals surface area contributed by atoms with Crippen molar-refractivity contribution >= 4 is 26.7 Å². The molecular formula is C14H16BrN. The lowest BCUT2D eigenvalue weighted by atomic mass is 10.0. The summed E-state index contributed by atoms with van der Waals surface area (Å²) in [6.45, 7) is 2.08. The Labute approximate surface area is 105 Å². The van der Waals surface area contributed by atoms with Crippen molar-refractivity contribution < 1.29 is 0 Å². The fraction of sp³-hybridized carbons (Fsp3) is 0.286. The molecule has 0 radical (unpaired) electrons. The maximum absolute atomic E-state index is 3.47. The highest BCUT2D eigenvalue weighted by Gasteiger charge is 2.03. The monoisotopic (exact) mass is 277 g/mol. The van der Waals surface area contributed by atoms with Crippen molar-refractivity contribution in [1.82, 2.24) is 4.90 Å². The van der Waals surface area contributed by atoms with Crippen molar-refractivity contribution in [2.24, 2.45) is 0 Å². The summed E-state index contributed by atoms with van der Waals surface area (Å²) >= 11 is 3.47. The van der Waals surface area contributed by atoms with Crippen LogP contribution in [0.15, 0.2) is 42.5 Å². The predicted octanol–water partition coefficient (Wildman–Crippen LogP) is 3.67. The van der Waals surface area contributed by atoms with Gasteiger partial charge >= 0.3 is 0 Å². The highest BCUT2D eigenvalue weighted by molar-refractivity contribution is 9.09. The van der Waals surface area contributed by atoms with Gasteiger partial charge in [0.1, 0.15) is 0 Å². The van der Waals surface area contributed by atoms with E-state index in [9.17, 15) is 0 Å². The fourth-order valence-electron chi connectivity index (χ4n) is 1.94. The third-order valence-electron chi connectivity index (χ3n) is 2.79. The van der Waals surface area contributed by atoms with Gasteiger partial charge in [-0.3, -0.25) is 0 Å². The van der Waals surface area contributed by atoms with E-state index in [2.05, 4.69) is 70.3 Å². The molecule has 0 aliphatic rings. The Bertz CT molecular complexity index is 462. The summed E-state index contributed by atoms with van der Waals surface area (Å²) in [4.78, 5) is 2.33. The van der Waals surface area contributed by atoms with E-state index < -0.39 is 0 Å². The summed E-state index contributed by atoms with van der Waals surface area (Å²) in [5.41, 5.74) is 1.40. The molecule has 0 aromatic heterocycles. The Morgan fingerprint density at radius 3 is 2.62 bits per heavy atom. The molecule has 2 aromatic carbocycles. The van der Waals surface area contributed by atoms with Crippen LogP contribution in [-0.2, 0) is 6.54 Å². The van der Waals surface area contributed by atoms with Crippen LogP contribution in [0.3, 0.4) is 0 Å². The number of fused-ring (bicyclic) bond motifs is 1. The number of hydrogen-bond acceptors (Lipinski definition) is 1. The first-order chi connectivity index (χ1) is 7.81. The standard InChI is InChI=1S/C14H16BrN/c1-16(10-9-15)11-13-7-4-6-12-5-2-3-8-14(12)13/h2-8H,9-11H2,1H3. The van der Waals surface area contributed by atoms with E-state index in [1.54, 1.807) is 0 Å². The van der Waals surface area contributed by atoms with E-state index in [4.69, 9.17) is 0 Å². The molecule has 0 fully saturated rings. The van der Waals surface area contributed by atoms with Crippen LogP contribution in [0.1, 0.15) is 5.56 Å². The SMILES string of the molecule is CN(CCBr)Cc1cccc2ccccc12. The first-order valence-corrected chi connectivity index (χ1v) is 6.64. The van der Waals surface area contributed by atoms with Gasteiger partial charge in [-0.25, -0.2) is 0 Å². The Kier molecular flexibility index (Phi) is 3.97. The van der Waals surface area contributed by atoms with E-state index in [1.807, 2.05) is 0 Å². The zero-order chi connectivity index (χ0) is 11.4. The molecule has 0 atom stereocenters. The average molecular weight is 278 g/mol. The third-order valence-corrected chi connectivity index (χ3v) is 3.14. The van der Waals surface area contributed by atoms with E-state index >= 15 is 0 Å². The molecule has 16 heavy (non-hydrogen) atoms. The Morgan fingerprint density at radius 1 is 1.06 bits per heavy atom. The number of alkyl halides is 1. The summed E-state index contributed by atoms with van der Waals surface area (Å²) in [5, 5.41) is 3.72. The van der Waals surface area contributed by atoms with Gasteiger partial charge < -0.3 is 4.90 Å². The van der Waals surface area contributed by atoms with Crippen LogP contribution in [0.2, 0.25) is 0 Å². The second-order valence-corrected chi connectivity index (χ2v) is 4.86. The number of nitrogens with zero attached hydrogens (tertiary/aromatic N) is 1. The van der Waals surface area contributed by atoms with Crippen LogP contribution in [0.4, 0.5) is 0 Å². The van der Waals surface area contributed by atoms with Crippen molar-refractivity contribution in [3.05, 3.63) is 48.0 Å². The van der Waals surface area contributed by atoms with Crippen LogP contribution >= 0.6 is 15.9 Å². The topological polar surface area (TPSA) is 3.24 Å². The molecule has 2 heteroatoms. The van der Waals surface area contributed by atoms with Gasteiger partial charge in [0.15, 0.2) is 0 Å². The van der Waals surface area contributed by atoms with Gasteiger partial charge in [0.05, 0.1) is 0 Å². The van der Waals surface area contributed by atoms with Gasteiger partial charge in [0.25, 0.3) is 0 Å². The fourth-order valence-corrected chi connectivity index (χ4v) is 2.55. The molecule has 1 nitrogen and oxygen atoms in total. The van der Waals surface area contributed by atoms with Crippen molar-refractivity contribution in [3.63, 3.8) is 0 Å². The maximum atomic E-state index is 3.47. The van der Waals surface area contributed by atoms with Crippen molar-refractivity contribution in [2.75, 3.05) is 18.9 Å². The van der Waals surface area contributed by atoms with E-state index in [-0.39, 0.29) is 0 Å². The number of hydrogen-bond donors (Lipinski definition) is 0. The van der Waals surface area contributed by atoms with Gasteiger partial charge in [-0.1, -0.05) is 58.4 Å². The molecule has 84 valence electrons. The Morgan fingerprint density at radius 2 is 1.81 bits per heavy atom. The van der Waals surface area contributed by atoms with Gasteiger partial charge in [-0.15, -0.1) is 0 Å². The quantitative estimate of drug-likeness (QED) is 0.771. The van der Waals surface area contributed by atoms with Crippen LogP contribution in [0.25, 0.3) is 10.8 Å². The normalized spacial score (nSPS) is 11.2. The predicted molar refractivity (Wildman–Crippen MR) is 74.1 cm³/mol. The molecule has 0 saturated heterocycles. The third kappa shape index (κ3) is 2.63. The molecular weight excluding hydrogens is 262 g/mol. The minimum Gasteiger partial charge on any atom is -0.301 e. The molecule has 0 heterocycles. The van der Waals surface area contributed by atoms with E-state index in [0.717, 1.165) is 18.4 Å². The molecule has 0 amide bonds. The lowest BCUT2D eigenvalue weighted by molar-refractivity contribution is 0.351. The summed E-state index contributed by atoms with van der Waals surface area (Å²) in [6, 6.07) is 15.1. The summed E-state index contributed by atoms with van der Waals surface area (Å²) < 4.78 is 0. The van der Waals surface area contributed by atoms with E-state index in [1.165, 1.54) is 16.3 Å². The Hall–Kier alpha value is -0.860. The molecule has 0 spiro atoms. The number of rotatable bonds is 4. The van der Waals surface area contributed by atoms with Crippen LogP contribution < -0.4 is 0 Å². The molecule has 0 unspecified atom stereocenters. The molecule has 0 N–H and O–H groups in total. The zero-order valence-corrected chi connectivity index (χ0v) is 11.1. The van der Waals surface area contributed by atoms with Crippen LogP contribution in [-0.4, -0.2) is 23.8 Å². The summed E-state index contributed by atoms with van der Waals surface area (Å²) in [5.74, 6) is 0. The first kappa shape index (κ1) is 11.6. The molecule has 2 rings (SSSR count). The minimum absolute atomic E-state index is 1.01. The smallest absolute Gasteiger partial charge is 0.0237 e. The van der Waals surface area contributed by atoms with Gasteiger partial charge in [0.2, 0.25) is 0 Å². The largest absolute Gasteiger partial charge is 0.301 e. The number of halogens is 1. The summed E-state index contributed by atoms with van der Waals surface area (Å²) in [7, 11) is 2.16. The summed E-state index contributed by atoms with van der Waals surface area (Å²) in [6.07, 6.45) is 0. The van der Waals surface area contributed by atoms with Crippen molar-refractivity contribution in [1.29, 1.82) is 0 Å². The van der Waals surface area contributed by atoms with Crippen LogP contribution in [0, 0.1) is 0 Å². The second kappa shape index (κ2) is 5.46. The number of benzene rings is 2. The second-order valence-electron chi connectivity index (χ2n) is 4.07. The maximum Gasteiger partial charge on any atom is 0.0237 e. The molecule has 2 aromatic rings. The zero-order valence-electron chi connectivity index (χ0n) is 9.49. The van der Waals surface area contributed by atoms with Gasteiger partial charge in [-0.2, -0.15) is 0 Å². The van der Waals surface area contributed by atoms with E-state index in [0.29, 0.717) is 0 Å². The molecule has 0 bridgehead atoms. The van der Waals surface area contributed by atoms with Gasteiger partial charge in [0, 0.05) is 18.4 Å². The minimum atomic E-state index is 1.01. The van der Waals surface area contributed by atoms with Gasteiger partial charge in [-0.05, 0) is 23.4 Å². The van der Waals surface area contributed by atoms with Crippen molar-refractivity contribution in [2.45, 2.75) is 6.54 Å². The average Bonchev–Trinajstić information content (AvgIpc) is 2.30. The highest BCUT2D eigenvalue weighted by atomic mass is 79.9. The van der Waals surface area contributed by atoms with Crippen LogP contribution in [0.5, 0.6) is 0 Å². The lowest BCUT2D eigenvalue weighted by Gasteiger charge is -2.16. The molecule has 0 aliphatic heterocycles. The molecule has 0 saturated carbocycles. The first-order valence-electron chi connectivity index (χ1n) is 5.52. The van der Waals surface area contributed by atoms with Crippen molar-refractivity contribution in [3.8, 4) is 0 Å². The lowest BCUT2D eigenvalue weighted by Crippen LogP contribution is -2.19.